The molecule has 2 heterocycles. The van der Waals surface area contributed by atoms with Crippen molar-refractivity contribution in [3.63, 3.8) is 0 Å². The van der Waals surface area contributed by atoms with E-state index >= 15 is 0 Å². The topological polar surface area (TPSA) is 3.24 Å². The molecule has 0 amide bonds. The second-order valence-corrected chi connectivity index (χ2v) is 14.2. The van der Waals surface area contributed by atoms with E-state index in [2.05, 4.69) is 169 Å². The van der Waals surface area contributed by atoms with Gasteiger partial charge in [-0.3, -0.25) is 0 Å². The Bertz CT molecular complexity index is 2810. The van der Waals surface area contributed by atoms with Crippen LogP contribution in [0.25, 0.3) is 73.0 Å². The van der Waals surface area contributed by atoms with Gasteiger partial charge in [-0.05, 0) is 69.6 Å². The van der Waals surface area contributed by atoms with Gasteiger partial charge in [-0.2, -0.15) is 0 Å². The van der Waals surface area contributed by atoms with Crippen LogP contribution in [-0.2, 0) is 0 Å². The van der Waals surface area contributed by atoms with Crippen molar-refractivity contribution in [3.05, 3.63) is 164 Å². The van der Waals surface area contributed by atoms with Gasteiger partial charge in [-0.25, -0.2) is 0 Å². The normalized spacial score (nSPS) is 11.8. The van der Waals surface area contributed by atoms with Gasteiger partial charge in [0.1, 0.15) is 0 Å². The molecule has 220 valence electrons. The number of thiophene rings is 2. The first kappa shape index (κ1) is 26.7. The molecule has 1 nitrogen and oxygen atoms in total. The van der Waals surface area contributed by atoms with E-state index in [0.717, 1.165) is 11.4 Å². The molecule has 0 radical (unpaired) electrons. The summed E-state index contributed by atoms with van der Waals surface area (Å²) in [7, 11) is 0. The van der Waals surface area contributed by atoms with Crippen LogP contribution >= 0.6 is 22.7 Å². The van der Waals surface area contributed by atoms with Crippen LogP contribution in [0.2, 0.25) is 0 Å². The number of hydrogen-bond donors (Lipinski definition) is 0. The van der Waals surface area contributed by atoms with Crippen LogP contribution in [0.1, 0.15) is 0 Å². The monoisotopic (exact) mass is 633 g/mol. The van der Waals surface area contributed by atoms with Gasteiger partial charge in [0.25, 0.3) is 0 Å². The predicted molar refractivity (Wildman–Crippen MR) is 207 cm³/mol. The molecule has 0 atom stereocenters. The summed E-state index contributed by atoms with van der Waals surface area (Å²) in [6.45, 7) is 0. The molecule has 0 aliphatic carbocycles. The van der Waals surface area contributed by atoms with Crippen molar-refractivity contribution in [2.45, 2.75) is 0 Å². The van der Waals surface area contributed by atoms with Crippen LogP contribution in [0, 0.1) is 0 Å². The molecular formula is C44H27NS2. The van der Waals surface area contributed by atoms with Crippen LogP contribution in [-0.4, -0.2) is 0 Å². The maximum absolute atomic E-state index is 2.49. The Morgan fingerprint density at radius 2 is 1.04 bits per heavy atom. The van der Waals surface area contributed by atoms with E-state index in [0.29, 0.717) is 0 Å². The molecule has 0 aliphatic rings. The molecule has 3 heteroatoms. The summed E-state index contributed by atoms with van der Waals surface area (Å²) in [6.07, 6.45) is 0. The minimum Gasteiger partial charge on any atom is -0.308 e. The molecule has 0 bridgehead atoms. The molecule has 0 N–H and O–H groups in total. The smallest absolute Gasteiger partial charge is 0.0640 e. The quantitative estimate of drug-likeness (QED) is 0.174. The lowest BCUT2D eigenvalue weighted by Crippen LogP contribution is -2.11. The minimum atomic E-state index is 1.15. The average molecular weight is 634 g/mol. The minimum absolute atomic E-state index is 1.15. The lowest BCUT2D eigenvalue weighted by molar-refractivity contribution is 1.31. The highest BCUT2D eigenvalue weighted by atomic mass is 32.1. The number of para-hydroxylation sites is 1. The number of fused-ring (bicyclic) bond motifs is 10. The lowest BCUT2D eigenvalue weighted by atomic mass is 9.96. The maximum Gasteiger partial charge on any atom is 0.0640 e. The number of benzene rings is 8. The molecule has 2 aromatic heterocycles. The number of rotatable bonds is 4. The highest BCUT2D eigenvalue weighted by molar-refractivity contribution is 7.26. The van der Waals surface area contributed by atoms with E-state index in [1.165, 1.54) is 78.7 Å². The SMILES string of the molecule is c1ccc(-c2ccccc2N(c2ccc3ccc4ccc5sc6ccccc6c5c4c3c2)c2cccc3c2sc2ccccc23)cc1. The largest absolute Gasteiger partial charge is 0.308 e. The zero-order valence-electron chi connectivity index (χ0n) is 25.4. The van der Waals surface area contributed by atoms with Crippen molar-refractivity contribution in [2.24, 2.45) is 0 Å². The highest BCUT2D eigenvalue weighted by Gasteiger charge is 2.22. The van der Waals surface area contributed by atoms with Crippen LogP contribution in [0.3, 0.4) is 0 Å². The summed E-state index contributed by atoms with van der Waals surface area (Å²) >= 11 is 3.76. The third kappa shape index (κ3) is 4.14. The summed E-state index contributed by atoms with van der Waals surface area (Å²) in [6, 6.07) is 60.2. The molecule has 0 unspecified atom stereocenters. The molecule has 0 aliphatic heterocycles. The van der Waals surface area contributed by atoms with Gasteiger partial charge in [0.05, 0.1) is 16.1 Å². The second-order valence-electron chi connectivity index (χ2n) is 12.1. The summed E-state index contributed by atoms with van der Waals surface area (Å²) in [5.74, 6) is 0. The third-order valence-electron chi connectivity index (χ3n) is 9.44. The number of nitrogens with zero attached hydrogens (tertiary/aromatic N) is 1. The van der Waals surface area contributed by atoms with Crippen LogP contribution < -0.4 is 4.90 Å². The van der Waals surface area contributed by atoms with Crippen LogP contribution in [0.4, 0.5) is 17.1 Å². The summed E-state index contributed by atoms with van der Waals surface area (Å²) in [5.41, 5.74) is 5.91. The standard InChI is InChI=1S/C44H27NS2/c1-2-11-28(12-3-1)32-13-4-7-17-37(32)45(38-18-10-16-34-33-14-5-8-19-39(33)47-44(34)38)31-25-23-29-21-22-30-24-26-41-43(42(30)36(29)27-31)35-15-6-9-20-40(35)46-41/h1-27H. The summed E-state index contributed by atoms with van der Waals surface area (Å²) in [5, 5.41) is 10.4. The van der Waals surface area contributed by atoms with E-state index in [1.54, 1.807) is 0 Å². The molecule has 10 rings (SSSR count). The molecule has 8 aromatic carbocycles. The molecule has 0 saturated carbocycles. The average Bonchev–Trinajstić information content (AvgIpc) is 3.71. The van der Waals surface area contributed by atoms with Gasteiger partial charge in [-0.1, -0.05) is 121 Å². The molecule has 0 spiro atoms. The number of anilines is 3. The van der Waals surface area contributed by atoms with E-state index in [4.69, 9.17) is 0 Å². The maximum atomic E-state index is 2.49. The van der Waals surface area contributed by atoms with Gasteiger partial charge in [-0.15, -0.1) is 22.7 Å². The first-order valence-corrected chi connectivity index (χ1v) is 17.6. The van der Waals surface area contributed by atoms with Crippen LogP contribution in [0.15, 0.2) is 164 Å². The van der Waals surface area contributed by atoms with Gasteiger partial charge < -0.3 is 4.90 Å². The second kappa shape index (κ2) is 10.5. The third-order valence-corrected chi connectivity index (χ3v) is 11.8. The fourth-order valence-corrected chi connectivity index (χ4v) is 9.65. The van der Waals surface area contributed by atoms with E-state index in [9.17, 15) is 0 Å². The van der Waals surface area contributed by atoms with Gasteiger partial charge in [0.15, 0.2) is 0 Å². The van der Waals surface area contributed by atoms with E-state index < -0.39 is 0 Å². The zero-order chi connectivity index (χ0) is 30.9. The van der Waals surface area contributed by atoms with Gasteiger partial charge >= 0.3 is 0 Å². The first-order chi connectivity index (χ1) is 23.3. The Balaban J connectivity index is 1.32. The van der Waals surface area contributed by atoms with Crippen molar-refractivity contribution in [1.29, 1.82) is 0 Å². The highest BCUT2D eigenvalue weighted by Crippen LogP contribution is 2.48. The molecule has 0 fully saturated rings. The first-order valence-electron chi connectivity index (χ1n) is 15.9. The van der Waals surface area contributed by atoms with Crippen molar-refractivity contribution in [3.8, 4) is 11.1 Å². The van der Waals surface area contributed by atoms with Crippen molar-refractivity contribution in [2.75, 3.05) is 4.90 Å². The van der Waals surface area contributed by atoms with Crippen molar-refractivity contribution >= 4 is 102 Å². The Hall–Kier alpha value is -5.48. The molecule has 47 heavy (non-hydrogen) atoms. The molecule has 0 saturated heterocycles. The Kier molecular flexibility index (Phi) is 5.98. The Morgan fingerprint density at radius 3 is 1.94 bits per heavy atom. The van der Waals surface area contributed by atoms with Gasteiger partial charge in [0, 0.05) is 46.9 Å². The lowest BCUT2D eigenvalue weighted by Gasteiger charge is -2.29. The molecular weight excluding hydrogens is 607 g/mol. The predicted octanol–water partition coefficient (Wildman–Crippen LogP) is 13.9. The fraction of sp³-hybridized carbons (Fsp3) is 0. The summed E-state index contributed by atoms with van der Waals surface area (Å²) < 4.78 is 5.26. The summed E-state index contributed by atoms with van der Waals surface area (Å²) in [4.78, 5) is 2.49. The van der Waals surface area contributed by atoms with Crippen LogP contribution in [0.5, 0.6) is 0 Å². The van der Waals surface area contributed by atoms with E-state index in [-0.39, 0.29) is 0 Å². The van der Waals surface area contributed by atoms with Gasteiger partial charge in [0.2, 0.25) is 0 Å². The number of hydrogen-bond acceptors (Lipinski definition) is 3. The fourth-order valence-electron chi connectivity index (χ4n) is 7.33. The van der Waals surface area contributed by atoms with Crippen molar-refractivity contribution in [1.82, 2.24) is 0 Å². The Labute approximate surface area is 280 Å². The molecule has 10 aromatic rings. The Morgan fingerprint density at radius 1 is 0.383 bits per heavy atom. The van der Waals surface area contributed by atoms with E-state index in [1.807, 2.05) is 22.7 Å². The zero-order valence-corrected chi connectivity index (χ0v) is 27.0. The van der Waals surface area contributed by atoms with Crippen molar-refractivity contribution < 1.29 is 0 Å².